The van der Waals surface area contributed by atoms with Crippen LogP contribution in [0.5, 0.6) is 0 Å². The summed E-state index contributed by atoms with van der Waals surface area (Å²) >= 11 is 8.90. The second-order valence-corrected chi connectivity index (χ2v) is 6.94. The van der Waals surface area contributed by atoms with E-state index in [0.717, 1.165) is 5.56 Å². The van der Waals surface area contributed by atoms with Crippen molar-refractivity contribution in [1.82, 2.24) is 4.98 Å². The number of rotatable bonds is 5. The number of halogens is 2. The Kier molecular flexibility index (Phi) is 5.01. The zero-order chi connectivity index (χ0) is 14.6. The number of anilines is 1. The SMILES string of the molecule is O=S(=O)(Nc1ncccc1Br)c1ccc(CCCl)cc1. The van der Waals surface area contributed by atoms with Crippen LogP contribution in [0, 0.1) is 0 Å². The number of pyridine rings is 1. The van der Waals surface area contributed by atoms with Crippen molar-refractivity contribution in [2.45, 2.75) is 11.3 Å². The molecule has 0 saturated carbocycles. The van der Waals surface area contributed by atoms with Gasteiger partial charge in [-0.3, -0.25) is 4.72 Å². The molecule has 0 aliphatic heterocycles. The first kappa shape index (κ1) is 15.3. The largest absolute Gasteiger partial charge is 0.263 e. The van der Waals surface area contributed by atoms with Gasteiger partial charge in [-0.25, -0.2) is 13.4 Å². The van der Waals surface area contributed by atoms with Gasteiger partial charge < -0.3 is 0 Å². The lowest BCUT2D eigenvalue weighted by Gasteiger charge is -2.09. The number of hydrogen-bond donors (Lipinski definition) is 1. The highest BCUT2D eigenvalue weighted by molar-refractivity contribution is 9.10. The average Bonchev–Trinajstić information content (AvgIpc) is 2.42. The molecule has 0 fully saturated rings. The molecular weight excluding hydrogens is 364 g/mol. The first-order valence-corrected chi connectivity index (χ1v) is 8.62. The fourth-order valence-corrected chi connectivity index (χ4v) is 3.32. The monoisotopic (exact) mass is 374 g/mol. The highest BCUT2D eigenvalue weighted by Gasteiger charge is 2.16. The topological polar surface area (TPSA) is 59.1 Å². The van der Waals surface area contributed by atoms with E-state index in [1.807, 2.05) is 0 Å². The van der Waals surface area contributed by atoms with Gasteiger partial charge in [-0.2, -0.15) is 0 Å². The summed E-state index contributed by atoms with van der Waals surface area (Å²) in [5.41, 5.74) is 0.998. The third kappa shape index (κ3) is 3.71. The molecular formula is C13H12BrClN2O2S. The van der Waals surface area contributed by atoms with Crippen LogP contribution in [0.3, 0.4) is 0 Å². The van der Waals surface area contributed by atoms with Crippen LogP contribution in [0.15, 0.2) is 52.0 Å². The molecule has 0 aliphatic carbocycles. The van der Waals surface area contributed by atoms with Crippen molar-refractivity contribution in [2.75, 3.05) is 10.6 Å². The fourth-order valence-electron chi connectivity index (χ4n) is 1.59. The molecule has 4 nitrogen and oxygen atoms in total. The average molecular weight is 376 g/mol. The maximum Gasteiger partial charge on any atom is 0.263 e. The van der Waals surface area contributed by atoms with E-state index in [-0.39, 0.29) is 10.7 Å². The minimum absolute atomic E-state index is 0.188. The predicted molar refractivity (Wildman–Crippen MR) is 83.6 cm³/mol. The standard InChI is InChI=1S/C13H12BrClN2O2S/c14-12-2-1-9-16-13(12)17-20(18,19)11-5-3-10(4-6-11)7-8-15/h1-6,9H,7-8H2,(H,16,17). The summed E-state index contributed by atoms with van der Waals surface area (Å²) in [6.07, 6.45) is 2.23. The molecule has 1 aromatic carbocycles. The van der Waals surface area contributed by atoms with Gasteiger partial charge in [0.15, 0.2) is 5.82 Å². The van der Waals surface area contributed by atoms with E-state index in [0.29, 0.717) is 16.8 Å². The maximum absolute atomic E-state index is 12.2. The van der Waals surface area contributed by atoms with Crippen LogP contribution >= 0.6 is 27.5 Å². The summed E-state index contributed by atoms with van der Waals surface area (Å²) in [6.45, 7) is 0. The first-order chi connectivity index (χ1) is 9.53. The Morgan fingerprint density at radius 2 is 1.90 bits per heavy atom. The highest BCUT2D eigenvalue weighted by Crippen LogP contribution is 2.22. The van der Waals surface area contributed by atoms with E-state index in [4.69, 9.17) is 11.6 Å². The Labute approximate surface area is 131 Å². The van der Waals surface area contributed by atoms with E-state index in [1.54, 1.807) is 36.4 Å². The molecule has 0 saturated heterocycles. The molecule has 0 atom stereocenters. The summed E-state index contributed by atoms with van der Waals surface area (Å²) in [4.78, 5) is 4.17. The third-order valence-corrected chi connectivity index (χ3v) is 4.79. The minimum atomic E-state index is -3.64. The Bertz CT molecular complexity index is 690. The number of aromatic nitrogens is 1. The van der Waals surface area contributed by atoms with Gasteiger partial charge in [0.25, 0.3) is 10.0 Å². The highest BCUT2D eigenvalue weighted by atomic mass is 79.9. The minimum Gasteiger partial charge on any atom is -0.262 e. The molecule has 7 heteroatoms. The van der Waals surface area contributed by atoms with Crippen LogP contribution in [-0.4, -0.2) is 19.3 Å². The lowest BCUT2D eigenvalue weighted by molar-refractivity contribution is 0.601. The zero-order valence-corrected chi connectivity index (χ0v) is 13.5. The van der Waals surface area contributed by atoms with Gasteiger partial charge in [-0.05, 0) is 52.2 Å². The number of aryl methyl sites for hydroxylation is 1. The molecule has 0 bridgehead atoms. The number of benzene rings is 1. The van der Waals surface area contributed by atoms with Crippen molar-refractivity contribution < 1.29 is 8.42 Å². The predicted octanol–water partition coefficient (Wildman–Crippen LogP) is 3.43. The Balaban J connectivity index is 2.24. The normalized spacial score (nSPS) is 11.3. The van der Waals surface area contributed by atoms with Crippen molar-refractivity contribution in [2.24, 2.45) is 0 Å². The first-order valence-electron chi connectivity index (χ1n) is 5.81. The van der Waals surface area contributed by atoms with Crippen LogP contribution in [0.4, 0.5) is 5.82 Å². The Morgan fingerprint density at radius 3 is 2.50 bits per heavy atom. The molecule has 1 aromatic heterocycles. The number of hydrogen-bond acceptors (Lipinski definition) is 3. The van der Waals surface area contributed by atoms with E-state index < -0.39 is 10.0 Å². The third-order valence-electron chi connectivity index (χ3n) is 2.61. The summed E-state index contributed by atoms with van der Waals surface area (Å²) in [7, 11) is -3.64. The maximum atomic E-state index is 12.2. The van der Waals surface area contributed by atoms with Crippen LogP contribution in [0.25, 0.3) is 0 Å². The van der Waals surface area contributed by atoms with Crippen molar-refractivity contribution in [3.8, 4) is 0 Å². The lowest BCUT2D eigenvalue weighted by atomic mass is 10.2. The molecule has 20 heavy (non-hydrogen) atoms. The Morgan fingerprint density at radius 1 is 1.20 bits per heavy atom. The van der Waals surface area contributed by atoms with Crippen molar-refractivity contribution in [3.63, 3.8) is 0 Å². The van der Waals surface area contributed by atoms with Gasteiger partial charge in [0, 0.05) is 12.1 Å². The lowest BCUT2D eigenvalue weighted by Crippen LogP contribution is -2.14. The number of sulfonamides is 1. The van der Waals surface area contributed by atoms with E-state index in [9.17, 15) is 8.42 Å². The number of alkyl halides is 1. The second-order valence-electron chi connectivity index (χ2n) is 4.02. The quantitative estimate of drug-likeness (QED) is 0.815. The number of nitrogens with one attached hydrogen (secondary N) is 1. The van der Waals surface area contributed by atoms with Crippen LogP contribution in [0.2, 0.25) is 0 Å². The molecule has 1 heterocycles. The van der Waals surface area contributed by atoms with Crippen LogP contribution in [-0.2, 0) is 16.4 Å². The summed E-state index contributed by atoms with van der Waals surface area (Å²) in [5, 5.41) is 0. The van der Waals surface area contributed by atoms with E-state index in [2.05, 4.69) is 25.6 Å². The summed E-state index contributed by atoms with van der Waals surface area (Å²) in [6, 6.07) is 10.0. The molecule has 0 aliphatic rings. The van der Waals surface area contributed by atoms with Gasteiger partial charge in [-0.1, -0.05) is 12.1 Å². The van der Waals surface area contributed by atoms with Gasteiger partial charge in [0.2, 0.25) is 0 Å². The molecule has 2 rings (SSSR count). The fraction of sp³-hybridized carbons (Fsp3) is 0.154. The smallest absolute Gasteiger partial charge is 0.262 e. The summed E-state index contributed by atoms with van der Waals surface area (Å²) in [5.74, 6) is 0.767. The van der Waals surface area contributed by atoms with Gasteiger partial charge >= 0.3 is 0 Å². The molecule has 0 radical (unpaired) electrons. The zero-order valence-electron chi connectivity index (χ0n) is 10.4. The van der Waals surface area contributed by atoms with Crippen LogP contribution < -0.4 is 4.72 Å². The molecule has 1 N–H and O–H groups in total. The van der Waals surface area contributed by atoms with Crippen molar-refractivity contribution in [1.29, 1.82) is 0 Å². The second kappa shape index (κ2) is 6.56. The van der Waals surface area contributed by atoms with Crippen LogP contribution in [0.1, 0.15) is 5.56 Å². The molecule has 106 valence electrons. The van der Waals surface area contributed by atoms with Crippen molar-refractivity contribution >= 4 is 43.4 Å². The number of nitrogens with zero attached hydrogens (tertiary/aromatic N) is 1. The van der Waals surface area contributed by atoms with E-state index >= 15 is 0 Å². The van der Waals surface area contributed by atoms with Gasteiger partial charge in [0.1, 0.15) is 0 Å². The summed E-state index contributed by atoms with van der Waals surface area (Å²) < 4.78 is 27.5. The van der Waals surface area contributed by atoms with E-state index in [1.165, 1.54) is 6.20 Å². The molecule has 0 amide bonds. The van der Waals surface area contributed by atoms with Gasteiger partial charge in [0.05, 0.1) is 9.37 Å². The van der Waals surface area contributed by atoms with Crippen molar-refractivity contribution in [3.05, 3.63) is 52.6 Å². The van der Waals surface area contributed by atoms with Gasteiger partial charge in [-0.15, -0.1) is 11.6 Å². The molecule has 2 aromatic rings. The Hall–Kier alpha value is -1.11. The molecule has 0 unspecified atom stereocenters. The molecule has 0 spiro atoms.